The van der Waals surface area contributed by atoms with Crippen LogP contribution in [0.15, 0.2) is 29.2 Å². The summed E-state index contributed by atoms with van der Waals surface area (Å²) in [4.78, 5) is -0.208. The van der Waals surface area contributed by atoms with Crippen molar-refractivity contribution >= 4 is 10.0 Å². The van der Waals surface area contributed by atoms with Crippen LogP contribution in [0.5, 0.6) is 0 Å². The highest BCUT2D eigenvalue weighted by molar-refractivity contribution is 7.89. The van der Waals surface area contributed by atoms with Gasteiger partial charge in [0.2, 0.25) is 10.0 Å². The quantitative estimate of drug-likeness (QED) is 0.812. The summed E-state index contributed by atoms with van der Waals surface area (Å²) in [5.74, 6) is -0.672. The van der Waals surface area contributed by atoms with Crippen LogP contribution in [0.2, 0.25) is 0 Å². The van der Waals surface area contributed by atoms with Crippen LogP contribution in [0.3, 0.4) is 0 Å². The lowest BCUT2D eigenvalue weighted by atomic mass is 10.3. The van der Waals surface area contributed by atoms with E-state index in [0.29, 0.717) is 6.54 Å². The third-order valence-electron chi connectivity index (χ3n) is 2.82. The van der Waals surface area contributed by atoms with Crippen LogP contribution in [0.1, 0.15) is 26.2 Å². The molecule has 0 amide bonds. The zero-order valence-corrected chi connectivity index (χ0v) is 10.6. The topological polar surface area (TPSA) is 37.4 Å². The predicted molar refractivity (Wildman–Crippen MR) is 63.6 cm³/mol. The summed E-state index contributed by atoms with van der Waals surface area (Å²) in [6.45, 7) is 2.38. The summed E-state index contributed by atoms with van der Waals surface area (Å²) in [7, 11) is -3.67. The molecule has 3 nitrogen and oxygen atoms in total. The van der Waals surface area contributed by atoms with Crippen molar-refractivity contribution in [3.8, 4) is 0 Å². The minimum absolute atomic E-state index is 0.0690. The maximum atomic E-state index is 13.6. The van der Waals surface area contributed by atoms with Crippen LogP contribution in [0.25, 0.3) is 0 Å². The molecule has 1 aliphatic carbocycles. The maximum Gasteiger partial charge on any atom is 0.246 e. The second-order valence-electron chi connectivity index (χ2n) is 4.28. The van der Waals surface area contributed by atoms with E-state index in [1.165, 1.54) is 22.5 Å². The number of hydrogen-bond donors (Lipinski definition) is 0. The highest BCUT2D eigenvalue weighted by atomic mass is 32.2. The molecule has 1 aromatic carbocycles. The fourth-order valence-electron chi connectivity index (χ4n) is 1.86. The number of hydrogen-bond acceptors (Lipinski definition) is 2. The molecule has 1 saturated carbocycles. The Labute approximate surface area is 101 Å². The van der Waals surface area contributed by atoms with Crippen molar-refractivity contribution in [2.45, 2.75) is 37.1 Å². The maximum absolute atomic E-state index is 13.6. The molecule has 17 heavy (non-hydrogen) atoms. The fraction of sp³-hybridized carbons (Fsp3) is 0.500. The first-order valence-electron chi connectivity index (χ1n) is 5.83. The van der Waals surface area contributed by atoms with Gasteiger partial charge in [0, 0.05) is 12.6 Å². The van der Waals surface area contributed by atoms with Crippen LogP contribution in [-0.4, -0.2) is 25.3 Å². The standard InChI is InChI=1S/C12H16FNO2S/c1-2-9-14(10-7-8-10)17(15,16)12-6-4-3-5-11(12)13/h3-6,10H,2,7-9H2,1H3. The van der Waals surface area contributed by atoms with Crippen molar-refractivity contribution in [3.05, 3.63) is 30.1 Å². The van der Waals surface area contributed by atoms with Gasteiger partial charge >= 0.3 is 0 Å². The first kappa shape index (κ1) is 12.5. The molecule has 0 N–H and O–H groups in total. The molecular formula is C12H16FNO2S. The van der Waals surface area contributed by atoms with Gasteiger partial charge < -0.3 is 0 Å². The largest absolute Gasteiger partial charge is 0.246 e. The number of nitrogens with zero attached hydrogens (tertiary/aromatic N) is 1. The van der Waals surface area contributed by atoms with Crippen LogP contribution in [0, 0.1) is 5.82 Å². The van der Waals surface area contributed by atoms with Crippen molar-refractivity contribution in [3.63, 3.8) is 0 Å². The van der Waals surface area contributed by atoms with Gasteiger partial charge in [-0.25, -0.2) is 12.8 Å². The highest BCUT2D eigenvalue weighted by Gasteiger charge is 2.38. The Hall–Kier alpha value is -0.940. The van der Waals surface area contributed by atoms with Gasteiger partial charge in [-0.15, -0.1) is 0 Å². The molecule has 0 heterocycles. The second-order valence-corrected chi connectivity index (χ2v) is 6.14. The van der Waals surface area contributed by atoms with Crippen molar-refractivity contribution in [1.29, 1.82) is 0 Å². The first-order valence-corrected chi connectivity index (χ1v) is 7.27. The Kier molecular flexibility index (Phi) is 3.49. The Morgan fingerprint density at radius 2 is 2.00 bits per heavy atom. The monoisotopic (exact) mass is 257 g/mol. The Morgan fingerprint density at radius 3 is 2.53 bits per heavy atom. The van der Waals surface area contributed by atoms with Crippen LogP contribution in [0.4, 0.5) is 4.39 Å². The molecule has 1 aliphatic rings. The van der Waals surface area contributed by atoms with E-state index in [9.17, 15) is 12.8 Å². The van der Waals surface area contributed by atoms with Crippen molar-refractivity contribution < 1.29 is 12.8 Å². The van der Waals surface area contributed by atoms with Crippen LogP contribution >= 0.6 is 0 Å². The minimum Gasteiger partial charge on any atom is -0.207 e. The molecule has 1 fully saturated rings. The van der Waals surface area contributed by atoms with E-state index in [0.717, 1.165) is 19.3 Å². The van der Waals surface area contributed by atoms with Gasteiger partial charge in [0.05, 0.1) is 0 Å². The molecule has 0 bridgehead atoms. The van der Waals surface area contributed by atoms with Gasteiger partial charge in [-0.3, -0.25) is 0 Å². The van der Waals surface area contributed by atoms with Crippen molar-refractivity contribution in [2.24, 2.45) is 0 Å². The number of rotatable bonds is 5. The second kappa shape index (κ2) is 4.74. The van der Waals surface area contributed by atoms with Gasteiger partial charge in [0.1, 0.15) is 10.7 Å². The lowest BCUT2D eigenvalue weighted by Gasteiger charge is -2.21. The average Bonchev–Trinajstić information content (AvgIpc) is 3.10. The molecule has 2 rings (SSSR count). The molecule has 0 aromatic heterocycles. The first-order chi connectivity index (χ1) is 8.07. The molecule has 0 unspecified atom stereocenters. The lowest BCUT2D eigenvalue weighted by Crippen LogP contribution is -2.34. The summed E-state index contributed by atoms with van der Waals surface area (Å²) in [5.41, 5.74) is 0. The van der Waals surface area contributed by atoms with E-state index in [-0.39, 0.29) is 10.9 Å². The van der Waals surface area contributed by atoms with Gasteiger partial charge in [-0.2, -0.15) is 4.31 Å². The van der Waals surface area contributed by atoms with Gasteiger partial charge in [-0.05, 0) is 31.4 Å². The zero-order valence-electron chi connectivity index (χ0n) is 9.77. The normalized spacial score (nSPS) is 16.4. The summed E-state index contributed by atoms with van der Waals surface area (Å²) >= 11 is 0. The SMILES string of the molecule is CCCN(C1CC1)S(=O)(=O)c1ccccc1F. The van der Waals surface area contributed by atoms with Gasteiger partial charge in [-0.1, -0.05) is 19.1 Å². The number of benzene rings is 1. The Bertz CT molecular complexity index is 497. The number of halogens is 1. The van der Waals surface area contributed by atoms with E-state index in [1.54, 1.807) is 6.07 Å². The molecule has 0 radical (unpaired) electrons. The summed E-state index contributed by atoms with van der Waals surface area (Å²) in [5, 5.41) is 0. The fourth-order valence-corrected chi connectivity index (χ4v) is 3.71. The zero-order chi connectivity index (χ0) is 12.5. The Balaban J connectivity index is 2.37. The molecule has 5 heteroatoms. The van der Waals surface area contributed by atoms with Gasteiger partial charge in [0.15, 0.2) is 0 Å². The third kappa shape index (κ3) is 2.50. The summed E-state index contributed by atoms with van der Waals surface area (Å²) in [6.07, 6.45) is 2.51. The highest BCUT2D eigenvalue weighted by Crippen LogP contribution is 2.32. The van der Waals surface area contributed by atoms with Crippen molar-refractivity contribution in [2.75, 3.05) is 6.54 Å². The third-order valence-corrected chi connectivity index (χ3v) is 4.81. The summed E-state index contributed by atoms with van der Waals surface area (Å²) in [6, 6.07) is 5.63. The van der Waals surface area contributed by atoms with E-state index >= 15 is 0 Å². The molecule has 0 spiro atoms. The van der Waals surface area contributed by atoms with Crippen molar-refractivity contribution in [1.82, 2.24) is 4.31 Å². The average molecular weight is 257 g/mol. The molecule has 94 valence electrons. The van der Waals surface area contributed by atoms with Gasteiger partial charge in [0.25, 0.3) is 0 Å². The lowest BCUT2D eigenvalue weighted by molar-refractivity contribution is 0.400. The van der Waals surface area contributed by atoms with Crippen LogP contribution in [-0.2, 0) is 10.0 Å². The van der Waals surface area contributed by atoms with Crippen LogP contribution < -0.4 is 0 Å². The molecular weight excluding hydrogens is 241 g/mol. The number of sulfonamides is 1. The molecule has 0 saturated heterocycles. The molecule has 0 atom stereocenters. The smallest absolute Gasteiger partial charge is 0.207 e. The minimum atomic E-state index is -3.67. The molecule has 0 aliphatic heterocycles. The summed E-state index contributed by atoms with van der Waals surface area (Å²) < 4.78 is 39.6. The van der Waals surface area contributed by atoms with E-state index < -0.39 is 15.8 Å². The van der Waals surface area contributed by atoms with E-state index in [4.69, 9.17) is 0 Å². The van der Waals surface area contributed by atoms with E-state index in [2.05, 4.69) is 0 Å². The Morgan fingerprint density at radius 1 is 1.35 bits per heavy atom. The predicted octanol–water partition coefficient (Wildman–Crippen LogP) is 2.39. The van der Waals surface area contributed by atoms with E-state index in [1.807, 2.05) is 6.92 Å². The molecule has 1 aromatic rings.